The van der Waals surface area contributed by atoms with Crippen LogP contribution in [0.5, 0.6) is 0 Å². The molecule has 0 bridgehead atoms. The van der Waals surface area contributed by atoms with Gasteiger partial charge in [-0.3, -0.25) is 4.57 Å². The second kappa shape index (κ2) is 5.75. The lowest BCUT2D eigenvalue weighted by Gasteiger charge is -2.19. The highest BCUT2D eigenvalue weighted by molar-refractivity contribution is 8.13. The van der Waals surface area contributed by atoms with E-state index in [0.717, 1.165) is 0 Å². The third kappa shape index (κ3) is 4.03. The molecule has 0 N–H and O–H groups in total. The minimum atomic E-state index is -4.01. The number of ether oxygens (including phenoxy) is 1. The number of halogens is 1. The molecule has 8 heteroatoms. The van der Waals surface area contributed by atoms with Crippen molar-refractivity contribution in [2.45, 2.75) is 38.1 Å². The molecule has 0 spiro atoms. The molecule has 0 aliphatic carbocycles. The summed E-state index contributed by atoms with van der Waals surface area (Å²) in [5.41, 5.74) is 0.224. The summed E-state index contributed by atoms with van der Waals surface area (Å²) in [6.45, 7) is 5.82. The van der Waals surface area contributed by atoms with E-state index in [-0.39, 0.29) is 17.4 Å². The number of aromatic nitrogens is 3. The zero-order chi connectivity index (χ0) is 15.7. The molecule has 1 aromatic heterocycles. The van der Waals surface area contributed by atoms with Gasteiger partial charge in [-0.1, -0.05) is 18.2 Å². The second-order valence-corrected chi connectivity index (χ2v) is 7.87. The molecule has 0 radical (unpaired) electrons. The van der Waals surface area contributed by atoms with Gasteiger partial charge in [0.05, 0.1) is 5.60 Å². The van der Waals surface area contributed by atoms with Gasteiger partial charge in [0.25, 0.3) is 14.2 Å². The maximum absolute atomic E-state index is 11.6. The average Bonchev–Trinajstić information content (AvgIpc) is 2.80. The molecule has 2 aromatic rings. The van der Waals surface area contributed by atoms with Crippen LogP contribution >= 0.6 is 10.7 Å². The smallest absolute Gasteiger partial charge is 0.297 e. The van der Waals surface area contributed by atoms with Gasteiger partial charge in [0, 0.05) is 16.4 Å². The number of benzene rings is 1. The van der Waals surface area contributed by atoms with Gasteiger partial charge in [-0.2, -0.15) is 0 Å². The molecule has 0 unspecified atom stereocenters. The lowest BCUT2D eigenvalue weighted by atomic mass is 10.2. The maximum Gasteiger partial charge on any atom is 0.297 e. The Labute approximate surface area is 128 Å². The van der Waals surface area contributed by atoms with Gasteiger partial charge in [0.15, 0.2) is 5.82 Å². The Hall–Kier alpha value is -1.44. The van der Waals surface area contributed by atoms with Crippen molar-refractivity contribution in [3.8, 4) is 5.69 Å². The van der Waals surface area contributed by atoms with Crippen LogP contribution in [0.3, 0.4) is 0 Å². The van der Waals surface area contributed by atoms with Gasteiger partial charge >= 0.3 is 0 Å². The second-order valence-electron chi connectivity index (χ2n) is 5.41. The van der Waals surface area contributed by atoms with Crippen molar-refractivity contribution < 1.29 is 13.2 Å². The molecule has 21 heavy (non-hydrogen) atoms. The average molecular weight is 330 g/mol. The van der Waals surface area contributed by atoms with Crippen LogP contribution in [0, 0.1) is 0 Å². The molecule has 0 aliphatic rings. The van der Waals surface area contributed by atoms with E-state index in [1.807, 2.05) is 26.8 Å². The number of hydrogen-bond donors (Lipinski definition) is 0. The Morgan fingerprint density at radius 1 is 1.19 bits per heavy atom. The highest BCUT2D eigenvalue weighted by atomic mass is 35.7. The van der Waals surface area contributed by atoms with Crippen LogP contribution in [0.4, 0.5) is 0 Å². The molecule has 1 aromatic carbocycles. The van der Waals surface area contributed by atoms with Crippen molar-refractivity contribution in [3.05, 3.63) is 36.2 Å². The number of nitrogens with zero attached hydrogens (tertiary/aromatic N) is 3. The Morgan fingerprint density at radius 3 is 2.33 bits per heavy atom. The molecule has 1 heterocycles. The molecule has 6 nitrogen and oxygen atoms in total. The van der Waals surface area contributed by atoms with E-state index in [1.54, 1.807) is 24.3 Å². The molecule has 2 rings (SSSR count). The van der Waals surface area contributed by atoms with Crippen molar-refractivity contribution >= 4 is 19.7 Å². The fourth-order valence-electron chi connectivity index (χ4n) is 1.67. The topological polar surface area (TPSA) is 74.1 Å². The van der Waals surface area contributed by atoms with Crippen molar-refractivity contribution in [3.63, 3.8) is 0 Å². The largest absolute Gasteiger partial charge is 0.368 e. The van der Waals surface area contributed by atoms with Gasteiger partial charge in [0.1, 0.15) is 6.61 Å². The number of rotatable bonds is 4. The van der Waals surface area contributed by atoms with E-state index in [9.17, 15) is 8.42 Å². The van der Waals surface area contributed by atoms with Crippen molar-refractivity contribution in [2.24, 2.45) is 0 Å². The zero-order valence-corrected chi connectivity index (χ0v) is 13.5. The normalized spacial score (nSPS) is 12.6. The van der Waals surface area contributed by atoms with Crippen molar-refractivity contribution in [1.82, 2.24) is 14.8 Å². The lowest BCUT2D eigenvalue weighted by Crippen LogP contribution is -2.20. The van der Waals surface area contributed by atoms with Gasteiger partial charge < -0.3 is 4.74 Å². The summed E-state index contributed by atoms with van der Waals surface area (Å²) in [5.74, 6) is 0.371. The lowest BCUT2D eigenvalue weighted by molar-refractivity contribution is -0.0188. The summed E-state index contributed by atoms with van der Waals surface area (Å²) in [7, 11) is 1.42. The van der Waals surface area contributed by atoms with Crippen LogP contribution in [-0.4, -0.2) is 28.8 Å². The first-order valence-electron chi connectivity index (χ1n) is 6.27. The first kappa shape index (κ1) is 15.9. The molecule has 0 atom stereocenters. The molecular weight excluding hydrogens is 314 g/mol. The predicted octanol–water partition coefficient (Wildman–Crippen LogP) is 2.51. The number of para-hydroxylation sites is 1. The summed E-state index contributed by atoms with van der Waals surface area (Å²) in [4.78, 5) is 0. The minimum absolute atomic E-state index is 0.123. The van der Waals surface area contributed by atoms with Gasteiger partial charge in [-0.05, 0) is 32.9 Å². The van der Waals surface area contributed by atoms with Gasteiger partial charge in [-0.25, -0.2) is 8.42 Å². The van der Waals surface area contributed by atoms with Crippen LogP contribution < -0.4 is 0 Å². The first-order valence-corrected chi connectivity index (χ1v) is 8.58. The standard InChI is InChI=1S/C13H16ClN3O3S/c1-13(2,3)20-9-11-15-16-12(21(14,18)19)17(11)10-7-5-4-6-8-10/h4-8H,9H2,1-3H3. The summed E-state index contributed by atoms with van der Waals surface area (Å²) in [5, 5.41) is 7.25. The van der Waals surface area contributed by atoms with Crippen LogP contribution in [0.1, 0.15) is 26.6 Å². The fourth-order valence-corrected chi connectivity index (χ4v) is 2.54. The van der Waals surface area contributed by atoms with E-state index >= 15 is 0 Å². The van der Waals surface area contributed by atoms with Crippen LogP contribution in [0.25, 0.3) is 5.69 Å². The molecule has 0 aliphatic heterocycles. The van der Waals surface area contributed by atoms with Crippen LogP contribution in [0.15, 0.2) is 35.5 Å². The van der Waals surface area contributed by atoms with E-state index in [0.29, 0.717) is 11.5 Å². The third-order valence-corrected chi connectivity index (χ3v) is 3.68. The Bertz CT molecular complexity index is 721. The SMILES string of the molecule is CC(C)(C)OCc1nnc(S(=O)(=O)Cl)n1-c1ccccc1. The summed E-state index contributed by atoms with van der Waals surface area (Å²) < 4.78 is 30.3. The van der Waals surface area contributed by atoms with Crippen molar-refractivity contribution in [2.75, 3.05) is 0 Å². The molecule has 0 saturated carbocycles. The van der Waals surface area contributed by atoms with E-state index in [2.05, 4.69) is 10.2 Å². The molecule has 0 amide bonds. The van der Waals surface area contributed by atoms with E-state index in [1.165, 1.54) is 4.57 Å². The summed E-state index contributed by atoms with van der Waals surface area (Å²) in [6.07, 6.45) is 0. The van der Waals surface area contributed by atoms with Gasteiger partial charge in [0.2, 0.25) is 0 Å². The summed E-state index contributed by atoms with van der Waals surface area (Å²) >= 11 is 0. The highest BCUT2D eigenvalue weighted by Gasteiger charge is 2.24. The third-order valence-electron chi connectivity index (χ3n) is 2.57. The fraction of sp³-hybridized carbons (Fsp3) is 0.385. The van der Waals surface area contributed by atoms with Crippen LogP contribution in [0.2, 0.25) is 0 Å². The van der Waals surface area contributed by atoms with E-state index < -0.39 is 9.05 Å². The quantitative estimate of drug-likeness (QED) is 0.806. The van der Waals surface area contributed by atoms with E-state index in [4.69, 9.17) is 15.4 Å². The van der Waals surface area contributed by atoms with Gasteiger partial charge in [-0.15, -0.1) is 10.2 Å². The van der Waals surface area contributed by atoms with Crippen LogP contribution in [-0.2, 0) is 20.4 Å². The predicted molar refractivity (Wildman–Crippen MR) is 78.9 cm³/mol. The Morgan fingerprint density at radius 2 is 1.81 bits per heavy atom. The molecule has 0 saturated heterocycles. The summed E-state index contributed by atoms with van der Waals surface area (Å²) in [6, 6.07) is 8.89. The monoisotopic (exact) mass is 329 g/mol. The molecule has 0 fully saturated rings. The minimum Gasteiger partial charge on any atom is -0.368 e. The first-order chi connectivity index (χ1) is 9.68. The Balaban J connectivity index is 2.50. The highest BCUT2D eigenvalue weighted by Crippen LogP contribution is 2.21. The molecule has 114 valence electrons. The van der Waals surface area contributed by atoms with Crippen molar-refractivity contribution in [1.29, 1.82) is 0 Å². The maximum atomic E-state index is 11.6. The number of hydrogen-bond acceptors (Lipinski definition) is 5. The molecular formula is C13H16ClN3O3S. The Kier molecular flexibility index (Phi) is 4.36. The zero-order valence-electron chi connectivity index (χ0n) is 11.9.